The average Bonchev–Trinajstić information content (AvgIpc) is 2.98. The van der Waals surface area contributed by atoms with Gasteiger partial charge in [-0.15, -0.1) is 0 Å². The van der Waals surface area contributed by atoms with E-state index in [1.165, 1.54) is 0 Å². The lowest BCUT2D eigenvalue weighted by Gasteiger charge is -2.22. The Morgan fingerprint density at radius 3 is 2.95 bits per heavy atom. The molecular formula is C13H20N2O4. The second-order valence-corrected chi connectivity index (χ2v) is 5.07. The molecule has 1 aromatic heterocycles. The molecule has 2 unspecified atom stereocenters. The minimum Gasteiger partial charge on any atom is -0.463 e. The molecule has 6 heteroatoms. The number of ether oxygens (including phenoxy) is 1. The monoisotopic (exact) mass is 268 g/mol. The van der Waals surface area contributed by atoms with Gasteiger partial charge in [0.1, 0.15) is 17.1 Å². The van der Waals surface area contributed by atoms with Crippen molar-refractivity contribution < 1.29 is 19.1 Å². The van der Waals surface area contributed by atoms with Crippen LogP contribution in [0.2, 0.25) is 0 Å². The second-order valence-electron chi connectivity index (χ2n) is 5.07. The third-order valence-corrected chi connectivity index (χ3v) is 3.13. The molecule has 6 nitrogen and oxygen atoms in total. The predicted octanol–water partition coefficient (Wildman–Crippen LogP) is 0.884. The van der Waals surface area contributed by atoms with Crippen LogP contribution in [0.4, 0.5) is 4.79 Å². The van der Waals surface area contributed by atoms with Crippen molar-refractivity contribution in [2.45, 2.75) is 31.9 Å². The Labute approximate surface area is 112 Å². The summed E-state index contributed by atoms with van der Waals surface area (Å²) in [6.45, 7) is 4.71. The highest BCUT2D eigenvalue weighted by molar-refractivity contribution is 5.74. The third kappa shape index (κ3) is 3.71. The maximum absolute atomic E-state index is 11.7. The van der Waals surface area contributed by atoms with Crippen molar-refractivity contribution in [3.63, 3.8) is 0 Å². The summed E-state index contributed by atoms with van der Waals surface area (Å²) < 4.78 is 10.5. The maximum Gasteiger partial charge on any atom is 0.315 e. The topological polar surface area (TPSA) is 83.7 Å². The van der Waals surface area contributed by atoms with Crippen LogP contribution < -0.4 is 10.6 Å². The first-order valence-corrected chi connectivity index (χ1v) is 6.39. The summed E-state index contributed by atoms with van der Waals surface area (Å²) in [7, 11) is 0. The molecule has 1 aliphatic heterocycles. The lowest BCUT2D eigenvalue weighted by atomic mass is 10.0. The van der Waals surface area contributed by atoms with Gasteiger partial charge in [0.05, 0.1) is 19.2 Å². The van der Waals surface area contributed by atoms with E-state index in [2.05, 4.69) is 10.6 Å². The number of hydrogen-bond donors (Lipinski definition) is 3. The normalized spacial score (nSPS) is 21.9. The summed E-state index contributed by atoms with van der Waals surface area (Å²) in [6, 6.07) is 3.23. The van der Waals surface area contributed by atoms with Crippen LogP contribution in [-0.2, 0) is 10.3 Å². The molecule has 2 amide bonds. The molecule has 2 heterocycles. The highest BCUT2D eigenvalue weighted by Gasteiger charge is 2.28. The zero-order valence-corrected chi connectivity index (χ0v) is 11.2. The fraction of sp³-hybridized carbons (Fsp3) is 0.615. The van der Waals surface area contributed by atoms with Gasteiger partial charge in [0.2, 0.25) is 0 Å². The molecule has 3 N–H and O–H groups in total. The molecule has 0 bridgehead atoms. The third-order valence-electron chi connectivity index (χ3n) is 3.13. The fourth-order valence-corrected chi connectivity index (χ4v) is 1.95. The Morgan fingerprint density at radius 2 is 2.37 bits per heavy atom. The predicted molar refractivity (Wildman–Crippen MR) is 68.8 cm³/mol. The average molecular weight is 268 g/mol. The van der Waals surface area contributed by atoms with Crippen LogP contribution in [0.1, 0.15) is 24.9 Å². The van der Waals surface area contributed by atoms with Crippen LogP contribution in [0.3, 0.4) is 0 Å². The summed E-state index contributed by atoms with van der Waals surface area (Å²) >= 11 is 0. The second kappa shape index (κ2) is 5.63. The van der Waals surface area contributed by atoms with Gasteiger partial charge in [-0.05, 0) is 32.4 Å². The van der Waals surface area contributed by atoms with Gasteiger partial charge in [-0.2, -0.15) is 0 Å². The van der Waals surface area contributed by atoms with E-state index in [1.54, 1.807) is 26.0 Å². The number of aliphatic hydroxyl groups is 1. The standard InChI is InChI=1S/C13H20N2O4/c1-9-3-4-11(19-9)13(2,17)8-14-12(16)15-10-5-6-18-7-10/h3-4,10,17H,5-8H2,1-2H3,(H2,14,15,16). The molecule has 19 heavy (non-hydrogen) atoms. The minimum absolute atomic E-state index is 0.0517. The SMILES string of the molecule is Cc1ccc(C(C)(O)CNC(=O)NC2CCOC2)o1. The van der Waals surface area contributed by atoms with E-state index in [0.29, 0.717) is 19.0 Å². The Morgan fingerprint density at radius 1 is 1.58 bits per heavy atom. The van der Waals surface area contributed by atoms with Gasteiger partial charge in [0, 0.05) is 6.61 Å². The molecule has 1 aliphatic rings. The van der Waals surface area contributed by atoms with Crippen molar-refractivity contribution in [3.05, 3.63) is 23.7 Å². The van der Waals surface area contributed by atoms with Crippen LogP contribution >= 0.6 is 0 Å². The lowest BCUT2D eigenvalue weighted by molar-refractivity contribution is 0.0358. The first-order chi connectivity index (χ1) is 8.97. The van der Waals surface area contributed by atoms with Gasteiger partial charge in [0.15, 0.2) is 0 Å². The highest BCUT2D eigenvalue weighted by atomic mass is 16.5. The lowest BCUT2D eigenvalue weighted by Crippen LogP contribution is -2.46. The number of carbonyl (C=O) groups excluding carboxylic acids is 1. The number of furan rings is 1. The van der Waals surface area contributed by atoms with Gasteiger partial charge in [-0.1, -0.05) is 0 Å². The summed E-state index contributed by atoms with van der Waals surface area (Å²) in [4.78, 5) is 11.7. The Bertz CT molecular complexity index is 436. The number of amides is 2. The molecule has 2 rings (SSSR count). The van der Waals surface area contributed by atoms with E-state index in [4.69, 9.17) is 9.15 Å². The molecule has 0 aliphatic carbocycles. The molecule has 0 radical (unpaired) electrons. The van der Waals surface area contributed by atoms with E-state index in [9.17, 15) is 9.90 Å². The maximum atomic E-state index is 11.7. The van der Waals surface area contributed by atoms with E-state index in [1.807, 2.05) is 0 Å². The number of urea groups is 1. The molecule has 1 fully saturated rings. The number of nitrogens with one attached hydrogen (secondary N) is 2. The zero-order chi connectivity index (χ0) is 13.9. The van der Waals surface area contributed by atoms with Gasteiger partial charge in [0.25, 0.3) is 0 Å². The Hall–Kier alpha value is -1.53. The van der Waals surface area contributed by atoms with E-state index >= 15 is 0 Å². The van der Waals surface area contributed by atoms with Gasteiger partial charge < -0.3 is 24.9 Å². The van der Waals surface area contributed by atoms with Crippen LogP contribution in [0.5, 0.6) is 0 Å². The first-order valence-electron chi connectivity index (χ1n) is 6.39. The molecule has 2 atom stereocenters. The van der Waals surface area contributed by atoms with Gasteiger partial charge in [-0.3, -0.25) is 0 Å². The van der Waals surface area contributed by atoms with Crippen molar-refractivity contribution in [3.8, 4) is 0 Å². The fourth-order valence-electron chi connectivity index (χ4n) is 1.95. The van der Waals surface area contributed by atoms with Crippen LogP contribution in [0, 0.1) is 6.92 Å². The molecule has 1 aromatic rings. The minimum atomic E-state index is -1.22. The van der Waals surface area contributed by atoms with Crippen molar-refractivity contribution >= 4 is 6.03 Å². The van der Waals surface area contributed by atoms with Gasteiger partial charge >= 0.3 is 6.03 Å². The van der Waals surface area contributed by atoms with Crippen LogP contribution in [0.15, 0.2) is 16.5 Å². The molecule has 0 saturated carbocycles. The van der Waals surface area contributed by atoms with Crippen LogP contribution in [-0.4, -0.2) is 36.9 Å². The van der Waals surface area contributed by atoms with Crippen molar-refractivity contribution in [2.75, 3.05) is 19.8 Å². The number of rotatable bonds is 4. The molecule has 106 valence electrons. The van der Waals surface area contributed by atoms with Gasteiger partial charge in [-0.25, -0.2) is 4.79 Å². The number of hydrogen-bond acceptors (Lipinski definition) is 4. The summed E-state index contributed by atoms with van der Waals surface area (Å²) in [5.74, 6) is 1.16. The Balaban J connectivity index is 1.81. The van der Waals surface area contributed by atoms with Crippen molar-refractivity contribution in [1.29, 1.82) is 0 Å². The summed E-state index contributed by atoms with van der Waals surface area (Å²) in [5, 5.41) is 15.7. The van der Waals surface area contributed by atoms with E-state index in [-0.39, 0.29) is 18.6 Å². The molecular weight excluding hydrogens is 248 g/mol. The quantitative estimate of drug-likeness (QED) is 0.757. The van der Waals surface area contributed by atoms with E-state index < -0.39 is 5.60 Å². The smallest absolute Gasteiger partial charge is 0.315 e. The largest absolute Gasteiger partial charge is 0.463 e. The summed E-state index contributed by atoms with van der Waals surface area (Å²) in [6.07, 6.45) is 0.821. The first kappa shape index (κ1) is 13.9. The Kier molecular flexibility index (Phi) is 4.11. The van der Waals surface area contributed by atoms with Crippen molar-refractivity contribution in [1.82, 2.24) is 10.6 Å². The van der Waals surface area contributed by atoms with Crippen molar-refractivity contribution in [2.24, 2.45) is 0 Å². The molecule has 1 saturated heterocycles. The number of aryl methyl sites for hydroxylation is 1. The van der Waals surface area contributed by atoms with E-state index in [0.717, 1.165) is 12.2 Å². The highest BCUT2D eigenvalue weighted by Crippen LogP contribution is 2.21. The van der Waals surface area contributed by atoms with Crippen LogP contribution in [0.25, 0.3) is 0 Å². The zero-order valence-electron chi connectivity index (χ0n) is 11.2. The molecule has 0 spiro atoms. The summed E-state index contributed by atoms with van der Waals surface area (Å²) in [5.41, 5.74) is -1.22. The molecule has 0 aromatic carbocycles. The number of carbonyl (C=O) groups is 1.